The van der Waals surface area contributed by atoms with Crippen LogP contribution in [0.4, 0.5) is 0 Å². The van der Waals surface area contributed by atoms with Crippen molar-refractivity contribution in [3.63, 3.8) is 0 Å². The molecule has 28 heavy (non-hydrogen) atoms. The summed E-state index contributed by atoms with van der Waals surface area (Å²) < 4.78 is 14.5. The fourth-order valence-electron chi connectivity index (χ4n) is 3.74. The minimum atomic E-state index is -0.661. The van der Waals surface area contributed by atoms with Gasteiger partial charge in [0.25, 0.3) is 0 Å². The molecule has 3 aromatic carbocycles. The van der Waals surface area contributed by atoms with E-state index in [1.54, 1.807) is 6.20 Å². The molecule has 5 aromatic rings. The average Bonchev–Trinajstić information content (AvgIpc) is 3.12. The number of aromatic nitrogens is 1. The van der Waals surface area contributed by atoms with Gasteiger partial charge in [-0.25, -0.2) is 0 Å². The van der Waals surface area contributed by atoms with Crippen LogP contribution in [0.2, 0.25) is 0 Å². The number of pyridine rings is 1. The van der Waals surface area contributed by atoms with Gasteiger partial charge >= 0.3 is 0 Å². The first kappa shape index (κ1) is 15.6. The Morgan fingerprint density at radius 1 is 0.821 bits per heavy atom. The van der Waals surface area contributed by atoms with Crippen LogP contribution in [-0.4, -0.2) is 4.98 Å². The summed E-state index contributed by atoms with van der Waals surface area (Å²) in [5.74, 6) is -0.661. The lowest BCUT2D eigenvalue weighted by Crippen LogP contribution is -1.90. The van der Waals surface area contributed by atoms with Crippen molar-refractivity contribution in [2.45, 2.75) is 19.7 Å². The van der Waals surface area contributed by atoms with Crippen LogP contribution in [-0.2, 0) is 0 Å². The zero-order valence-corrected chi connectivity index (χ0v) is 15.9. The van der Waals surface area contributed by atoms with Gasteiger partial charge in [-0.3, -0.25) is 4.98 Å². The van der Waals surface area contributed by atoms with Crippen molar-refractivity contribution in [2.24, 2.45) is 0 Å². The van der Waals surface area contributed by atoms with Crippen molar-refractivity contribution >= 4 is 21.9 Å². The third kappa shape index (κ3) is 2.78. The minimum absolute atomic E-state index is 0.661. The molecule has 0 aliphatic carbocycles. The Bertz CT molecular complexity index is 1330. The van der Waals surface area contributed by atoms with Crippen LogP contribution in [0.3, 0.4) is 0 Å². The fourth-order valence-corrected chi connectivity index (χ4v) is 3.74. The molecule has 0 spiro atoms. The number of fused-ring (bicyclic) bond motifs is 3. The van der Waals surface area contributed by atoms with Crippen LogP contribution in [0.15, 0.2) is 89.5 Å². The van der Waals surface area contributed by atoms with Crippen LogP contribution in [0, 0.1) is 0 Å². The number of benzene rings is 3. The second-order valence-electron chi connectivity index (χ2n) is 7.29. The van der Waals surface area contributed by atoms with E-state index in [2.05, 4.69) is 47.4 Å². The molecule has 2 heteroatoms. The van der Waals surface area contributed by atoms with Crippen molar-refractivity contribution in [1.82, 2.24) is 4.98 Å². The van der Waals surface area contributed by atoms with Crippen molar-refractivity contribution in [1.29, 1.82) is 0 Å². The molecule has 0 N–H and O–H groups in total. The van der Waals surface area contributed by atoms with E-state index in [0.29, 0.717) is 0 Å². The second-order valence-corrected chi connectivity index (χ2v) is 7.29. The Balaban J connectivity index is 1.69. The molecule has 0 unspecified atom stereocenters. The predicted octanol–water partition coefficient (Wildman–Crippen LogP) is 7.44. The monoisotopic (exact) mass is 364 g/mol. The molecule has 0 amide bonds. The summed E-state index contributed by atoms with van der Waals surface area (Å²) in [6.45, 7) is 3.78. The normalized spacial score (nSPS) is 12.4. The van der Waals surface area contributed by atoms with Crippen LogP contribution < -0.4 is 0 Å². The molecule has 0 radical (unpaired) electrons. The van der Waals surface area contributed by atoms with E-state index in [4.69, 9.17) is 5.79 Å². The molecule has 0 aliphatic heterocycles. The Kier molecular flexibility index (Phi) is 3.71. The number of furan rings is 1. The van der Waals surface area contributed by atoms with E-state index in [1.165, 1.54) is 11.1 Å². The molecule has 0 saturated carbocycles. The van der Waals surface area contributed by atoms with Crippen molar-refractivity contribution in [3.05, 3.63) is 90.6 Å². The molecule has 136 valence electrons. The lowest BCUT2D eigenvalue weighted by molar-refractivity contribution is 0.669. The molecule has 2 heterocycles. The van der Waals surface area contributed by atoms with Gasteiger partial charge in [0.15, 0.2) is 0 Å². The second kappa shape index (κ2) is 6.65. The quantitative estimate of drug-likeness (QED) is 0.332. The summed E-state index contributed by atoms with van der Waals surface area (Å²) >= 11 is 0. The smallest absolute Gasteiger partial charge is 0.136 e. The number of hydrogen-bond donors (Lipinski definition) is 0. The van der Waals surface area contributed by atoms with Crippen molar-refractivity contribution < 1.29 is 5.79 Å². The Labute approximate surface area is 165 Å². The highest BCUT2D eigenvalue weighted by Crippen LogP contribution is 2.38. The molecule has 2 aromatic heterocycles. The highest BCUT2D eigenvalue weighted by molar-refractivity contribution is 6.12. The highest BCUT2D eigenvalue weighted by Gasteiger charge is 2.13. The summed E-state index contributed by atoms with van der Waals surface area (Å²) in [6.07, 6.45) is 1.78. The molecule has 0 aliphatic rings. The third-order valence-electron chi connectivity index (χ3n) is 5.21. The van der Waals surface area contributed by atoms with Crippen LogP contribution in [0.1, 0.15) is 26.7 Å². The van der Waals surface area contributed by atoms with Crippen LogP contribution >= 0.6 is 0 Å². The molecule has 0 bridgehead atoms. The summed E-state index contributed by atoms with van der Waals surface area (Å²) in [6, 6.07) is 26.7. The summed E-state index contributed by atoms with van der Waals surface area (Å²) in [5.41, 5.74) is 6.87. The third-order valence-corrected chi connectivity index (χ3v) is 5.21. The largest absolute Gasteiger partial charge is 0.456 e. The Morgan fingerprint density at radius 2 is 1.68 bits per heavy atom. The van der Waals surface area contributed by atoms with Gasteiger partial charge in [-0.2, -0.15) is 0 Å². The fraction of sp³-hybridized carbons (Fsp3) is 0.115. The minimum Gasteiger partial charge on any atom is -0.456 e. The molecular formula is C26H21NO. The predicted molar refractivity (Wildman–Crippen MR) is 116 cm³/mol. The van der Waals surface area contributed by atoms with Crippen molar-refractivity contribution in [2.75, 3.05) is 0 Å². The number of rotatable bonds is 3. The zero-order chi connectivity index (χ0) is 20.0. The van der Waals surface area contributed by atoms with Crippen LogP contribution in [0.5, 0.6) is 0 Å². The van der Waals surface area contributed by atoms with Gasteiger partial charge < -0.3 is 4.42 Å². The maximum absolute atomic E-state index is 8.30. The summed E-state index contributed by atoms with van der Waals surface area (Å²) in [5, 5.41) is 2.23. The van der Waals surface area contributed by atoms with Gasteiger partial charge in [-0.1, -0.05) is 62.4 Å². The first-order chi connectivity index (χ1) is 14.0. The van der Waals surface area contributed by atoms with E-state index in [-0.39, 0.29) is 0 Å². The Morgan fingerprint density at radius 3 is 2.50 bits per heavy atom. The van der Waals surface area contributed by atoms with Gasteiger partial charge in [0.05, 0.1) is 5.69 Å². The highest BCUT2D eigenvalue weighted by atomic mass is 16.3. The number of nitrogens with zero attached hydrogens (tertiary/aromatic N) is 1. The van der Waals surface area contributed by atoms with Crippen molar-refractivity contribution in [3.8, 4) is 22.4 Å². The van der Waals surface area contributed by atoms with E-state index in [9.17, 15) is 0 Å². The van der Waals surface area contributed by atoms with Gasteiger partial charge in [0.2, 0.25) is 0 Å². The molecule has 0 atom stereocenters. The standard InChI is InChI=1S/C26H21NO/c1-17(2)19-13-14-27-23(15-19)20-11-12-22-25(16-20)28-24-10-6-9-21(26(22)24)18-7-4-3-5-8-18/h3-17H,1-2H3/i17D. The zero-order valence-electron chi connectivity index (χ0n) is 16.9. The summed E-state index contributed by atoms with van der Waals surface area (Å²) in [7, 11) is 0. The molecule has 2 nitrogen and oxygen atoms in total. The maximum atomic E-state index is 8.30. The number of hydrogen-bond acceptors (Lipinski definition) is 2. The average molecular weight is 364 g/mol. The lowest BCUT2D eigenvalue weighted by Gasteiger charge is -2.07. The van der Waals surface area contributed by atoms with Crippen LogP contribution in [0.25, 0.3) is 44.3 Å². The lowest BCUT2D eigenvalue weighted by atomic mass is 9.98. The van der Waals surface area contributed by atoms with E-state index in [1.807, 2.05) is 50.2 Å². The van der Waals surface area contributed by atoms with E-state index in [0.717, 1.165) is 38.8 Å². The van der Waals surface area contributed by atoms with Gasteiger partial charge in [0.1, 0.15) is 11.2 Å². The molecule has 0 fully saturated rings. The Hall–Kier alpha value is -3.39. The summed E-state index contributed by atoms with van der Waals surface area (Å²) in [4.78, 5) is 4.52. The molecular weight excluding hydrogens is 342 g/mol. The van der Waals surface area contributed by atoms with E-state index >= 15 is 0 Å². The maximum Gasteiger partial charge on any atom is 0.136 e. The SMILES string of the molecule is [2H]C(C)(C)c1ccnc(-c2ccc3c(c2)oc2cccc(-c4ccccc4)c23)c1. The van der Waals surface area contributed by atoms with Gasteiger partial charge in [-0.15, -0.1) is 0 Å². The van der Waals surface area contributed by atoms with Gasteiger partial charge in [0, 0.05) is 23.9 Å². The topological polar surface area (TPSA) is 26.0 Å². The van der Waals surface area contributed by atoms with Gasteiger partial charge in [-0.05, 0) is 52.9 Å². The first-order valence-electron chi connectivity index (χ1n) is 9.98. The van der Waals surface area contributed by atoms with E-state index < -0.39 is 5.89 Å². The molecule has 5 rings (SSSR count). The molecule has 0 saturated heterocycles. The first-order valence-corrected chi connectivity index (χ1v) is 9.48.